The van der Waals surface area contributed by atoms with Gasteiger partial charge in [0, 0.05) is 23.8 Å². The van der Waals surface area contributed by atoms with Crippen molar-refractivity contribution in [2.75, 3.05) is 0 Å². The first kappa shape index (κ1) is 13.1. The summed E-state index contributed by atoms with van der Waals surface area (Å²) in [5.41, 5.74) is -1.71. The minimum atomic E-state index is -0.768. The molecular formula is C15H22O4. The Kier molecular flexibility index (Phi) is 2.50. The van der Waals surface area contributed by atoms with Crippen molar-refractivity contribution in [3.63, 3.8) is 0 Å². The topological polar surface area (TPSA) is 66.8 Å². The quantitative estimate of drug-likeness (QED) is 0.588. The molecule has 0 aromatic carbocycles. The molecule has 4 rings (SSSR count). The van der Waals surface area contributed by atoms with Gasteiger partial charge >= 0.3 is 5.97 Å². The van der Waals surface area contributed by atoms with Crippen LogP contribution in [0.4, 0.5) is 0 Å². The van der Waals surface area contributed by atoms with Gasteiger partial charge in [-0.15, -0.1) is 0 Å². The van der Waals surface area contributed by atoms with Gasteiger partial charge in [-0.25, -0.2) is 4.79 Å². The fraction of sp³-hybridized carbons (Fsp3) is 0.800. The van der Waals surface area contributed by atoms with Crippen LogP contribution in [-0.2, 0) is 9.53 Å². The summed E-state index contributed by atoms with van der Waals surface area (Å²) in [6, 6.07) is 0. The molecule has 0 unspecified atom stereocenters. The third-order valence-electron chi connectivity index (χ3n) is 5.45. The molecule has 0 aromatic rings. The molecule has 4 nitrogen and oxygen atoms in total. The molecule has 0 heterocycles. The van der Waals surface area contributed by atoms with Crippen molar-refractivity contribution in [2.45, 2.75) is 62.8 Å². The molecule has 4 bridgehead atoms. The van der Waals surface area contributed by atoms with Crippen molar-refractivity contribution < 1.29 is 19.7 Å². The Labute approximate surface area is 113 Å². The summed E-state index contributed by atoms with van der Waals surface area (Å²) in [6.45, 7) is 7.22. The van der Waals surface area contributed by atoms with E-state index in [0.29, 0.717) is 37.7 Å². The lowest BCUT2D eigenvalue weighted by Crippen LogP contribution is -2.69. The van der Waals surface area contributed by atoms with Gasteiger partial charge in [-0.05, 0) is 39.5 Å². The zero-order valence-corrected chi connectivity index (χ0v) is 11.6. The summed E-state index contributed by atoms with van der Waals surface area (Å²) in [4.78, 5) is 11.9. The van der Waals surface area contributed by atoms with Gasteiger partial charge in [-0.3, -0.25) is 0 Å². The Morgan fingerprint density at radius 3 is 1.95 bits per heavy atom. The number of carbonyl (C=O) groups is 1. The molecule has 4 aliphatic rings. The molecular weight excluding hydrogens is 244 g/mol. The Morgan fingerprint density at radius 2 is 1.58 bits per heavy atom. The van der Waals surface area contributed by atoms with Crippen molar-refractivity contribution in [3.05, 3.63) is 12.2 Å². The Hall–Kier alpha value is -0.870. The molecule has 4 saturated carbocycles. The highest BCUT2D eigenvalue weighted by atomic mass is 16.6. The number of esters is 1. The van der Waals surface area contributed by atoms with E-state index in [-0.39, 0.29) is 17.8 Å². The van der Waals surface area contributed by atoms with Crippen molar-refractivity contribution in [2.24, 2.45) is 11.8 Å². The molecule has 0 saturated heterocycles. The van der Waals surface area contributed by atoms with Gasteiger partial charge in [0.1, 0.15) is 5.60 Å². The van der Waals surface area contributed by atoms with Gasteiger partial charge in [0.2, 0.25) is 0 Å². The fourth-order valence-corrected chi connectivity index (χ4v) is 4.64. The predicted molar refractivity (Wildman–Crippen MR) is 69.3 cm³/mol. The van der Waals surface area contributed by atoms with Crippen LogP contribution in [-0.4, -0.2) is 33.0 Å². The minimum absolute atomic E-state index is 0.0343. The lowest BCUT2D eigenvalue weighted by Gasteiger charge is -2.64. The number of carbonyl (C=O) groups excluding carboxylic acids is 1. The van der Waals surface area contributed by atoms with E-state index in [0.717, 1.165) is 0 Å². The van der Waals surface area contributed by atoms with Crippen LogP contribution in [0.15, 0.2) is 12.2 Å². The van der Waals surface area contributed by atoms with Crippen LogP contribution in [0, 0.1) is 11.8 Å². The van der Waals surface area contributed by atoms with E-state index in [2.05, 4.69) is 6.58 Å². The van der Waals surface area contributed by atoms with Gasteiger partial charge in [0.25, 0.3) is 0 Å². The first-order valence-corrected chi connectivity index (χ1v) is 6.99. The number of hydrogen-bond donors (Lipinski definition) is 2. The maximum Gasteiger partial charge on any atom is 0.333 e. The molecule has 0 spiro atoms. The first-order chi connectivity index (χ1) is 8.66. The number of ether oxygens (including phenoxy) is 1. The molecule has 4 fully saturated rings. The molecule has 19 heavy (non-hydrogen) atoms. The Morgan fingerprint density at radius 1 is 1.16 bits per heavy atom. The molecule has 0 atom stereocenters. The summed E-state index contributed by atoms with van der Waals surface area (Å²) in [7, 11) is 0. The van der Waals surface area contributed by atoms with E-state index >= 15 is 0 Å². The van der Waals surface area contributed by atoms with E-state index in [1.54, 1.807) is 6.92 Å². The maximum atomic E-state index is 11.9. The van der Waals surface area contributed by atoms with E-state index < -0.39 is 16.8 Å². The van der Waals surface area contributed by atoms with Gasteiger partial charge in [0.15, 0.2) is 0 Å². The largest absolute Gasteiger partial charge is 0.455 e. The van der Waals surface area contributed by atoms with Crippen LogP contribution < -0.4 is 0 Å². The number of rotatable bonds is 2. The van der Waals surface area contributed by atoms with Crippen LogP contribution in [0.25, 0.3) is 0 Å². The zero-order valence-electron chi connectivity index (χ0n) is 11.6. The zero-order chi connectivity index (χ0) is 14.1. The Bertz CT molecular complexity index is 417. The second-order valence-corrected chi connectivity index (χ2v) is 7.19. The summed E-state index contributed by atoms with van der Waals surface area (Å²) < 4.78 is 5.71. The highest BCUT2D eigenvalue weighted by Gasteiger charge is 2.66. The van der Waals surface area contributed by atoms with Crippen LogP contribution in [0.5, 0.6) is 0 Å². The van der Waals surface area contributed by atoms with Gasteiger partial charge in [0.05, 0.1) is 11.2 Å². The van der Waals surface area contributed by atoms with Crippen molar-refractivity contribution in [1.82, 2.24) is 0 Å². The molecule has 0 aliphatic heterocycles. The van der Waals surface area contributed by atoms with Crippen LogP contribution >= 0.6 is 0 Å². The first-order valence-electron chi connectivity index (χ1n) is 6.99. The molecule has 0 radical (unpaired) electrons. The molecule has 0 aromatic heterocycles. The van der Waals surface area contributed by atoms with Crippen molar-refractivity contribution in [1.29, 1.82) is 0 Å². The van der Waals surface area contributed by atoms with Gasteiger partial charge in [-0.2, -0.15) is 0 Å². The van der Waals surface area contributed by atoms with Crippen LogP contribution in [0.1, 0.15) is 46.0 Å². The number of hydrogen-bond acceptors (Lipinski definition) is 4. The van der Waals surface area contributed by atoms with E-state index in [1.165, 1.54) is 0 Å². The molecule has 4 heteroatoms. The van der Waals surface area contributed by atoms with Crippen LogP contribution in [0.3, 0.4) is 0 Å². The number of aliphatic hydroxyl groups is 2. The smallest absolute Gasteiger partial charge is 0.333 e. The monoisotopic (exact) mass is 266 g/mol. The highest BCUT2D eigenvalue weighted by Crippen LogP contribution is 2.62. The summed E-state index contributed by atoms with van der Waals surface area (Å²) >= 11 is 0. The van der Waals surface area contributed by atoms with Crippen molar-refractivity contribution in [3.8, 4) is 0 Å². The average molecular weight is 266 g/mol. The maximum absolute atomic E-state index is 11.9. The second kappa shape index (κ2) is 3.61. The van der Waals surface area contributed by atoms with Gasteiger partial charge in [-0.1, -0.05) is 6.58 Å². The molecule has 0 amide bonds. The third kappa shape index (κ3) is 1.84. The minimum Gasteiger partial charge on any atom is -0.455 e. The third-order valence-corrected chi connectivity index (χ3v) is 5.45. The SMILES string of the molecule is C=C(C)C(=O)OC1(C)C2CC3(O)CC1CC(O)(C2)C3. The molecule has 2 N–H and O–H groups in total. The summed E-state index contributed by atoms with van der Waals surface area (Å²) in [6.07, 6.45) is 2.94. The fourth-order valence-electron chi connectivity index (χ4n) is 4.64. The van der Waals surface area contributed by atoms with Crippen molar-refractivity contribution >= 4 is 5.97 Å². The molecule has 106 valence electrons. The summed E-state index contributed by atoms with van der Waals surface area (Å²) in [5, 5.41) is 21.1. The second-order valence-electron chi connectivity index (χ2n) is 7.19. The van der Waals surface area contributed by atoms with E-state index in [1.807, 2.05) is 6.92 Å². The van der Waals surface area contributed by atoms with Gasteiger partial charge < -0.3 is 14.9 Å². The molecule has 4 aliphatic carbocycles. The lowest BCUT2D eigenvalue weighted by molar-refractivity contribution is -0.272. The normalized spacial score (nSPS) is 51.2. The van der Waals surface area contributed by atoms with Crippen LogP contribution in [0.2, 0.25) is 0 Å². The lowest BCUT2D eigenvalue weighted by atomic mass is 9.47. The average Bonchev–Trinajstić information content (AvgIpc) is 2.22. The summed E-state index contributed by atoms with van der Waals surface area (Å²) in [5.74, 6) is -0.298. The predicted octanol–water partition coefficient (Wildman–Crippen LogP) is 1.55. The van der Waals surface area contributed by atoms with E-state index in [4.69, 9.17) is 4.74 Å². The standard InChI is InChI=1S/C15H22O4/c1-9(2)12(16)19-13(3)10-4-14(17)6-11(13)7-15(18,5-10)8-14/h10-11,17-18H,1,4-8H2,2-3H3. The Balaban J connectivity index is 1.90. The highest BCUT2D eigenvalue weighted by molar-refractivity contribution is 5.87. The van der Waals surface area contributed by atoms with E-state index in [9.17, 15) is 15.0 Å².